The largest absolute Gasteiger partial charge is 0.480 e. The van der Waals surface area contributed by atoms with Crippen LogP contribution in [0.1, 0.15) is 19.8 Å². The molecule has 1 aromatic carbocycles. The van der Waals surface area contributed by atoms with Crippen LogP contribution in [0.15, 0.2) is 29.2 Å². The van der Waals surface area contributed by atoms with Crippen LogP contribution in [0.4, 0.5) is 0 Å². The number of carboxylic acids is 1. The van der Waals surface area contributed by atoms with Gasteiger partial charge in [0.05, 0.1) is 4.90 Å². The number of sulfonamides is 1. The molecule has 2 rings (SSSR count). The van der Waals surface area contributed by atoms with Gasteiger partial charge in [0.15, 0.2) is 0 Å². The smallest absolute Gasteiger partial charge is 0.322 e. The van der Waals surface area contributed by atoms with Gasteiger partial charge in [0.25, 0.3) is 0 Å². The molecule has 1 N–H and O–H groups in total. The number of rotatable bonds is 3. The van der Waals surface area contributed by atoms with Gasteiger partial charge in [-0.2, -0.15) is 4.31 Å². The zero-order chi connectivity index (χ0) is 14.9. The van der Waals surface area contributed by atoms with Crippen LogP contribution < -0.4 is 0 Å². The Hall–Kier alpha value is -0.670. The third-order valence-electron chi connectivity index (χ3n) is 3.56. The van der Waals surface area contributed by atoms with Crippen LogP contribution in [0, 0.1) is 9.49 Å². The van der Waals surface area contributed by atoms with E-state index < -0.39 is 22.0 Å². The molecule has 1 heterocycles. The Morgan fingerprint density at radius 3 is 2.50 bits per heavy atom. The minimum Gasteiger partial charge on any atom is -0.480 e. The van der Waals surface area contributed by atoms with Gasteiger partial charge in [0.2, 0.25) is 10.0 Å². The molecule has 0 aromatic heterocycles. The summed E-state index contributed by atoms with van der Waals surface area (Å²) in [6, 6.07) is 5.48. The van der Waals surface area contributed by atoms with Gasteiger partial charge in [-0.1, -0.05) is 6.92 Å². The Kier molecular flexibility index (Phi) is 4.70. The van der Waals surface area contributed by atoms with Gasteiger partial charge in [0.1, 0.15) is 6.04 Å². The fourth-order valence-electron chi connectivity index (χ4n) is 2.53. The van der Waals surface area contributed by atoms with Crippen LogP contribution in [0.5, 0.6) is 0 Å². The first-order chi connectivity index (χ1) is 9.34. The number of hydrogen-bond donors (Lipinski definition) is 1. The first-order valence-corrected chi connectivity index (χ1v) is 8.86. The molecule has 0 amide bonds. The van der Waals surface area contributed by atoms with E-state index >= 15 is 0 Å². The summed E-state index contributed by atoms with van der Waals surface area (Å²) in [4.78, 5) is 11.6. The molecule has 2 unspecified atom stereocenters. The normalized spacial score (nSPS) is 24.5. The van der Waals surface area contributed by atoms with E-state index in [1.54, 1.807) is 19.1 Å². The minimum absolute atomic E-state index is 0.151. The summed E-state index contributed by atoms with van der Waals surface area (Å²) in [7, 11) is -3.76. The molecule has 1 aliphatic heterocycles. The van der Waals surface area contributed by atoms with Crippen LogP contribution >= 0.6 is 22.6 Å². The fourth-order valence-corrected chi connectivity index (χ4v) is 4.60. The number of aliphatic carboxylic acids is 1. The number of hydrogen-bond acceptors (Lipinski definition) is 3. The van der Waals surface area contributed by atoms with Crippen molar-refractivity contribution in [1.29, 1.82) is 0 Å². The Balaban J connectivity index is 2.41. The lowest BCUT2D eigenvalue weighted by atomic mass is 9.93. The molecule has 7 heteroatoms. The molecule has 0 saturated carbocycles. The molecule has 0 radical (unpaired) electrons. The van der Waals surface area contributed by atoms with Gasteiger partial charge < -0.3 is 5.11 Å². The standard InChI is InChI=1S/C13H16INO4S/c1-9-3-2-8-15(12(9)13(16)17)20(18,19)11-6-4-10(14)5-7-11/h4-7,9,12H,2-3,8H2,1H3,(H,16,17). The zero-order valence-electron chi connectivity index (χ0n) is 11.0. The fraction of sp³-hybridized carbons (Fsp3) is 0.462. The second-order valence-electron chi connectivity index (χ2n) is 4.97. The summed E-state index contributed by atoms with van der Waals surface area (Å²) in [5.41, 5.74) is 0. The summed E-state index contributed by atoms with van der Waals surface area (Å²) in [6.07, 6.45) is 1.42. The van der Waals surface area contributed by atoms with Crippen LogP contribution in [0.2, 0.25) is 0 Å². The van der Waals surface area contributed by atoms with E-state index in [1.165, 1.54) is 12.1 Å². The van der Waals surface area contributed by atoms with E-state index in [4.69, 9.17) is 0 Å². The van der Waals surface area contributed by atoms with Crippen molar-refractivity contribution < 1.29 is 18.3 Å². The molecule has 20 heavy (non-hydrogen) atoms. The number of carboxylic acid groups (broad SMARTS) is 1. The van der Waals surface area contributed by atoms with Crippen LogP contribution in [0.3, 0.4) is 0 Å². The van der Waals surface area contributed by atoms with Gasteiger partial charge in [0, 0.05) is 10.1 Å². The van der Waals surface area contributed by atoms with E-state index in [0.29, 0.717) is 6.42 Å². The van der Waals surface area contributed by atoms with Gasteiger partial charge in [-0.05, 0) is 65.6 Å². The topological polar surface area (TPSA) is 74.7 Å². The van der Waals surface area contributed by atoms with Crippen molar-refractivity contribution in [3.8, 4) is 0 Å². The minimum atomic E-state index is -3.76. The maximum Gasteiger partial charge on any atom is 0.322 e. The van der Waals surface area contributed by atoms with Gasteiger partial charge in [-0.3, -0.25) is 4.79 Å². The molecule has 1 aliphatic rings. The second-order valence-corrected chi connectivity index (χ2v) is 8.11. The van der Waals surface area contributed by atoms with E-state index in [1.807, 2.05) is 0 Å². The molecule has 5 nitrogen and oxygen atoms in total. The average Bonchev–Trinajstić information content (AvgIpc) is 2.38. The Bertz CT molecular complexity index is 599. The van der Waals surface area contributed by atoms with Crippen molar-refractivity contribution in [2.24, 2.45) is 5.92 Å². The van der Waals surface area contributed by atoms with Crippen molar-refractivity contribution in [2.45, 2.75) is 30.7 Å². The average molecular weight is 409 g/mol. The SMILES string of the molecule is CC1CCCN(S(=O)(=O)c2ccc(I)cc2)C1C(=O)O. The lowest BCUT2D eigenvalue weighted by Gasteiger charge is -2.36. The quantitative estimate of drug-likeness (QED) is 0.777. The molecule has 0 aliphatic carbocycles. The summed E-state index contributed by atoms with van der Waals surface area (Å²) < 4.78 is 27.3. The zero-order valence-corrected chi connectivity index (χ0v) is 14.0. The monoisotopic (exact) mass is 409 g/mol. The van der Waals surface area contributed by atoms with E-state index in [-0.39, 0.29) is 17.4 Å². The maximum atomic E-state index is 12.6. The first-order valence-electron chi connectivity index (χ1n) is 6.34. The molecular formula is C13H16INO4S. The summed E-state index contributed by atoms with van der Waals surface area (Å²) >= 11 is 2.09. The van der Waals surface area contributed by atoms with Crippen molar-refractivity contribution in [3.05, 3.63) is 27.8 Å². The lowest BCUT2D eigenvalue weighted by Crippen LogP contribution is -2.51. The highest BCUT2D eigenvalue weighted by Crippen LogP contribution is 2.29. The van der Waals surface area contributed by atoms with Gasteiger partial charge in [-0.15, -0.1) is 0 Å². The van der Waals surface area contributed by atoms with E-state index in [2.05, 4.69) is 22.6 Å². The van der Waals surface area contributed by atoms with E-state index in [9.17, 15) is 18.3 Å². The Morgan fingerprint density at radius 2 is 1.95 bits per heavy atom. The number of halogens is 1. The molecule has 1 fully saturated rings. The predicted octanol–water partition coefficient (Wildman–Crippen LogP) is 2.17. The summed E-state index contributed by atoms with van der Waals surface area (Å²) in [6.45, 7) is 2.05. The Morgan fingerprint density at radius 1 is 1.35 bits per heavy atom. The first kappa shape index (κ1) is 15.7. The van der Waals surface area contributed by atoms with Crippen molar-refractivity contribution in [3.63, 3.8) is 0 Å². The molecular weight excluding hydrogens is 393 g/mol. The van der Waals surface area contributed by atoms with Gasteiger partial charge in [-0.25, -0.2) is 8.42 Å². The number of nitrogens with zero attached hydrogens (tertiary/aromatic N) is 1. The number of carbonyl (C=O) groups is 1. The third kappa shape index (κ3) is 2.99. The Labute approximate surface area is 132 Å². The van der Waals surface area contributed by atoms with Crippen molar-refractivity contribution in [1.82, 2.24) is 4.31 Å². The van der Waals surface area contributed by atoms with Crippen LogP contribution in [-0.4, -0.2) is 36.4 Å². The number of benzene rings is 1. The van der Waals surface area contributed by atoms with Crippen LogP contribution in [-0.2, 0) is 14.8 Å². The molecule has 0 spiro atoms. The highest BCUT2D eigenvalue weighted by Gasteiger charge is 2.41. The highest BCUT2D eigenvalue weighted by molar-refractivity contribution is 14.1. The van der Waals surface area contributed by atoms with Crippen molar-refractivity contribution >= 4 is 38.6 Å². The second kappa shape index (κ2) is 5.98. The van der Waals surface area contributed by atoms with Crippen molar-refractivity contribution in [2.75, 3.05) is 6.54 Å². The molecule has 0 bridgehead atoms. The molecule has 1 aromatic rings. The lowest BCUT2D eigenvalue weighted by molar-refractivity contribution is -0.144. The summed E-state index contributed by atoms with van der Waals surface area (Å²) in [5, 5.41) is 9.33. The molecule has 110 valence electrons. The summed E-state index contributed by atoms with van der Waals surface area (Å²) in [5.74, 6) is -1.26. The number of piperidine rings is 1. The van der Waals surface area contributed by atoms with Crippen LogP contribution in [0.25, 0.3) is 0 Å². The molecule has 1 saturated heterocycles. The highest BCUT2D eigenvalue weighted by atomic mass is 127. The third-order valence-corrected chi connectivity index (χ3v) is 6.17. The molecule has 2 atom stereocenters. The van der Waals surface area contributed by atoms with Gasteiger partial charge >= 0.3 is 5.97 Å². The van der Waals surface area contributed by atoms with E-state index in [0.717, 1.165) is 14.3 Å². The maximum absolute atomic E-state index is 12.6. The predicted molar refractivity (Wildman–Crippen MR) is 82.9 cm³/mol.